The molecule has 0 aliphatic heterocycles. The predicted octanol–water partition coefficient (Wildman–Crippen LogP) is 2.94. The average Bonchev–Trinajstić information content (AvgIpc) is 2.74. The summed E-state index contributed by atoms with van der Waals surface area (Å²) in [5.41, 5.74) is 3.38. The van der Waals surface area contributed by atoms with E-state index in [1.54, 1.807) is 11.7 Å². The van der Waals surface area contributed by atoms with Crippen LogP contribution in [0.1, 0.15) is 47.7 Å². The molecule has 0 unspecified atom stereocenters. The van der Waals surface area contributed by atoms with Gasteiger partial charge in [-0.2, -0.15) is 5.10 Å². The van der Waals surface area contributed by atoms with Crippen LogP contribution < -0.4 is 5.32 Å². The van der Waals surface area contributed by atoms with Gasteiger partial charge in [0.25, 0.3) is 5.91 Å². The molecular weight excluding hydrogens is 314 g/mol. The molecule has 0 spiro atoms. The van der Waals surface area contributed by atoms with E-state index in [1.807, 2.05) is 13.1 Å². The van der Waals surface area contributed by atoms with Crippen molar-refractivity contribution in [3.05, 3.63) is 33.9 Å². The first-order chi connectivity index (χ1) is 10.8. The van der Waals surface area contributed by atoms with Crippen molar-refractivity contribution in [2.24, 2.45) is 12.5 Å². The molecule has 2 heterocycles. The molecule has 0 saturated heterocycles. The van der Waals surface area contributed by atoms with Crippen LogP contribution in [0.3, 0.4) is 0 Å². The van der Waals surface area contributed by atoms with Gasteiger partial charge in [-0.3, -0.25) is 14.8 Å². The van der Waals surface area contributed by atoms with E-state index in [0.717, 1.165) is 36.2 Å². The normalized spacial score (nSPS) is 16.0. The van der Waals surface area contributed by atoms with E-state index >= 15 is 0 Å². The number of hydrogen-bond acceptors (Lipinski definition) is 4. The molecule has 1 aliphatic rings. The van der Waals surface area contributed by atoms with Crippen molar-refractivity contribution in [1.82, 2.24) is 19.7 Å². The van der Waals surface area contributed by atoms with Gasteiger partial charge < -0.3 is 0 Å². The van der Waals surface area contributed by atoms with Crippen molar-refractivity contribution in [2.75, 3.05) is 5.32 Å². The van der Waals surface area contributed by atoms with Crippen molar-refractivity contribution in [2.45, 2.75) is 40.0 Å². The highest BCUT2D eigenvalue weighted by molar-refractivity contribution is 6.34. The highest BCUT2D eigenvalue weighted by Gasteiger charge is 2.27. The molecule has 6 nitrogen and oxygen atoms in total. The lowest BCUT2D eigenvalue weighted by molar-refractivity contribution is 0.102. The standard InChI is InChI=1S/C16H20ClN5O/c1-9-12(17)13(21-22(9)4)14(23)20-15-18-8-10-7-16(2,3)6-5-11(10)19-15/h8H,5-7H2,1-4H3,(H,18,19,20,23). The van der Waals surface area contributed by atoms with Gasteiger partial charge in [0.05, 0.1) is 10.7 Å². The zero-order valence-corrected chi connectivity index (χ0v) is 14.5. The van der Waals surface area contributed by atoms with Gasteiger partial charge in [-0.25, -0.2) is 9.97 Å². The third kappa shape index (κ3) is 3.08. The Hall–Kier alpha value is -1.95. The number of anilines is 1. The molecule has 0 fully saturated rings. The highest BCUT2D eigenvalue weighted by Crippen LogP contribution is 2.33. The van der Waals surface area contributed by atoms with Gasteiger partial charge in [-0.1, -0.05) is 25.4 Å². The Balaban J connectivity index is 1.81. The Bertz CT molecular complexity index is 781. The Labute approximate surface area is 140 Å². The molecule has 0 atom stereocenters. The van der Waals surface area contributed by atoms with E-state index < -0.39 is 5.91 Å². The van der Waals surface area contributed by atoms with Crippen molar-refractivity contribution in [3.8, 4) is 0 Å². The van der Waals surface area contributed by atoms with Crippen LogP contribution in [0.25, 0.3) is 0 Å². The summed E-state index contributed by atoms with van der Waals surface area (Å²) in [6, 6.07) is 0. The van der Waals surface area contributed by atoms with Gasteiger partial charge in [0.15, 0.2) is 5.69 Å². The average molecular weight is 334 g/mol. The summed E-state index contributed by atoms with van der Waals surface area (Å²) in [7, 11) is 1.75. The van der Waals surface area contributed by atoms with E-state index in [2.05, 4.69) is 34.2 Å². The predicted molar refractivity (Wildman–Crippen MR) is 88.7 cm³/mol. The summed E-state index contributed by atoms with van der Waals surface area (Å²) in [6.45, 7) is 6.30. The van der Waals surface area contributed by atoms with E-state index in [4.69, 9.17) is 11.6 Å². The Morgan fingerprint density at radius 2 is 2.17 bits per heavy atom. The molecule has 0 saturated carbocycles. The third-order valence-corrected chi connectivity index (χ3v) is 4.82. The number of amides is 1. The van der Waals surface area contributed by atoms with Crippen molar-refractivity contribution < 1.29 is 4.79 Å². The second kappa shape index (κ2) is 5.60. The zero-order valence-electron chi connectivity index (χ0n) is 13.8. The topological polar surface area (TPSA) is 72.7 Å². The third-order valence-electron chi connectivity index (χ3n) is 4.36. The monoisotopic (exact) mass is 333 g/mol. The van der Waals surface area contributed by atoms with Crippen molar-refractivity contribution in [3.63, 3.8) is 0 Å². The molecule has 122 valence electrons. The minimum absolute atomic E-state index is 0.189. The Morgan fingerprint density at radius 1 is 1.43 bits per heavy atom. The number of carbonyl (C=O) groups is 1. The molecule has 0 bridgehead atoms. The fraction of sp³-hybridized carbons (Fsp3) is 0.500. The molecule has 1 N–H and O–H groups in total. The van der Waals surface area contributed by atoms with Crippen LogP contribution in [0.4, 0.5) is 5.95 Å². The van der Waals surface area contributed by atoms with Crippen LogP contribution in [0, 0.1) is 12.3 Å². The first-order valence-electron chi connectivity index (χ1n) is 7.62. The maximum Gasteiger partial charge on any atom is 0.280 e. The van der Waals surface area contributed by atoms with Gasteiger partial charge in [-0.15, -0.1) is 0 Å². The highest BCUT2D eigenvalue weighted by atomic mass is 35.5. The lowest BCUT2D eigenvalue weighted by Gasteiger charge is -2.30. The number of fused-ring (bicyclic) bond motifs is 1. The van der Waals surface area contributed by atoms with Gasteiger partial charge >= 0.3 is 0 Å². The number of carbonyl (C=O) groups excluding carboxylic acids is 1. The summed E-state index contributed by atoms with van der Waals surface area (Å²) < 4.78 is 1.58. The van der Waals surface area contributed by atoms with E-state index in [9.17, 15) is 4.79 Å². The maximum atomic E-state index is 12.3. The van der Waals surface area contributed by atoms with E-state index in [0.29, 0.717) is 11.0 Å². The summed E-state index contributed by atoms with van der Waals surface area (Å²) >= 11 is 6.14. The van der Waals surface area contributed by atoms with Crippen LogP contribution in [0.2, 0.25) is 5.02 Å². The number of rotatable bonds is 2. The number of nitrogens with one attached hydrogen (secondary N) is 1. The van der Waals surface area contributed by atoms with Gasteiger partial charge in [0.2, 0.25) is 5.95 Å². The summed E-state index contributed by atoms with van der Waals surface area (Å²) in [5.74, 6) is -0.0948. The van der Waals surface area contributed by atoms with Gasteiger partial charge in [0, 0.05) is 18.9 Å². The molecule has 0 radical (unpaired) electrons. The number of aryl methyl sites for hydroxylation is 2. The number of hydrogen-bond donors (Lipinski definition) is 1. The molecule has 2 aromatic heterocycles. The maximum absolute atomic E-state index is 12.3. The van der Waals surface area contributed by atoms with Crippen molar-refractivity contribution in [1.29, 1.82) is 0 Å². The molecule has 3 rings (SSSR count). The van der Waals surface area contributed by atoms with Crippen LogP contribution in [0.15, 0.2) is 6.20 Å². The lowest BCUT2D eigenvalue weighted by Crippen LogP contribution is -2.24. The molecule has 7 heteroatoms. The number of nitrogens with zero attached hydrogens (tertiary/aromatic N) is 4. The first-order valence-corrected chi connectivity index (χ1v) is 8.00. The van der Waals surface area contributed by atoms with Gasteiger partial charge in [-0.05, 0) is 37.2 Å². The van der Waals surface area contributed by atoms with Crippen LogP contribution >= 0.6 is 11.6 Å². The molecule has 2 aromatic rings. The summed E-state index contributed by atoms with van der Waals surface area (Å²) in [6.07, 6.45) is 4.75. The lowest BCUT2D eigenvalue weighted by atomic mass is 9.76. The SMILES string of the molecule is Cc1c(Cl)c(C(=O)Nc2ncc3c(n2)CCC(C)(C)C3)nn1C. The second-order valence-corrected chi connectivity index (χ2v) is 7.21. The molecular formula is C16H20ClN5O. The first kappa shape index (κ1) is 15.9. The van der Waals surface area contributed by atoms with Gasteiger partial charge in [0.1, 0.15) is 0 Å². The largest absolute Gasteiger partial charge is 0.289 e. The fourth-order valence-electron chi connectivity index (χ4n) is 2.82. The summed E-state index contributed by atoms with van der Waals surface area (Å²) in [4.78, 5) is 21.1. The number of halogens is 1. The van der Waals surface area contributed by atoms with Crippen LogP contribution in [0.5, 0.6) is 0 Å². The van der Waals surface area contributed by atoms with Crippen molar-refractivity contribution >= 4 is 23.5 Å². The fourth-order valence-corrected chi connectivity index (χ4v) is 3.06. The molecule has 0 aromatic carbocycles. The zero-order chi connectivity index (χ0) is 16.8. The Morgan fingerprint density at radius 3 is 2.83 bits per heavy atom. The van der Waals surface area contributed by atoms with E-state index in [1.165, 1.54) is 0 Å². The molecule has 1 aliphatic carbocycles. The van der Waals surface area contributed by atoms with Crippen LogP contribution in [-0.2, 0) is 19.9 Å². The minimum Gasteiger partial charge on any atom is -0.289 e. The quantitative estimate of drug-likeness (QED) is 0.917. The summed E-state index contributed by atoms with van der Waals surface area (Å²) in [5, 5.41) is 7.17. The van der Waals surface area contributed by atoms with Crippen LogP contribution in [-0.4, -0.2) is 25.7 Å². The Kier molecular flexibility index (Phi) is 3.88. The number of aromatic nitrogens is 4. The second-order valence-electron chi connectivity index (χ2n) is 6.83. The minimum atomic E-state index is -0.394. The molecule has 23 heavy (non-hydrogen) atoms. The molecule has 1 amide bonds. The smallest absolute Gasteiger partial charge is 0.280 e. The van der Waals surface area contributed by atoms with E-state index in [-0.39, 0.29) is 11.1 Å².